The van der Waals surface area contributed by atoms with Crippen LogP contribution < -0.4 is 4.90 Å². The molecule has 1 aromatic heterocycles. The van der Waals surface area contributed by atoms with E-state index in [2.05, 4.69) is 15.1 Å². The number of ether oxygens (including phenoxy) is 2. The number of anilines is 1. The number of amides is 1. The molecule has 0 unspecified atom stereocenters. The van der Waals surface area contributed by atoms with Crippen molar-refractivity contribution in [2.45, 2.75) is 49.5 Å². The zero-order valence-corrected chi connectivity index (χ0v) is 22.2. The molecule has 1 aliphatic carbocycles. The average molecular weight is 554 g/mol. The molecule has 1 spiro atoms. The zero-order valence-electron chi connectivity index (χ0n) is 22.2. The van der Waals surface area contributed by atoms with Gasteiger partial charge in [-0.1, -0.05) is 12.1 Å². The van der Waals surface area contributed by atoms with Gasteiger partial charge in [0.25, 0.3) is 5.91 Å². The molecule has 11 heteroatoms. The summed E-state index contributed by atoms with van der Waals surface area (Å²) in [5.41, 5.74) is 0.999. The van der Waals surface area contributed by atoms with Crippen molar-refractivity contribution in [3.63, 3.8) is 0 Å². The standard InChI is InChI=1S/C29H30F3N5O3/c1-35-18-33-34-25(35)12-27(16-39-17-27)20-3-2-4-21(11-20)37-14-23-22(26(37)38)9-19(10-24(23)29(30,31)32)13-36-7-8-40-28(15-36)5-6-28/h2-4,9-11,18H,5-8,12-17H2,1H3. The monoisotopic (exact) mass is 553 g/mol. The first-order valence-electron chi connectivity index (χ1n) is 13.6. The molecule has 4 heterocycles. The van der Waals surface area contributed by atoms with E-state index in [0.29, 0.717) is 57.1 Å². The highest BCUT2D eigenvalue weighted by atomic mass is 19.4. The number of alkyl halides is 3. The fourth-order valence-electron chi connectivity index (χ4n) is 6.27. The van der Waals surface area contributed by atoms with Crippen LogP contribution in [-0.4, -0.2) is 64.1 Å². The van der Waals surface area contributed by atoms with Crippen molar-refractivity contribution in [3.8, 4) is 0 Å². The SMILES string of the molecule is Cn1cnnc1CC1(c2cccc(N3Cc4c(cc(CN5CCOC6(CC6)C5)cc4C(F)(F)F)C3=O)c2)COC1. The molecule has 8 nitrogen and oxygen atoms in total. The summed E-state index contributed by atoms with van der Waals surface area (Å²) in [5, 5.41) is 8.19. The van der Waals surface area contributed by atoms with Gasteiger partial charge in [0, 0.05) is 49.8 Å². The summed E-state index contributed by atoms with van der Waals surface area (Å²) >= 11 is 0. The van der Waals surface area contributed by atoms with Crippen molar-refractivity contribution in [1.29, 1.82) is 0 Å². The number of carbonyl (C=O) groups excluding carboxylic acids is 1. The summed E-state index contributed by atoms with van der Waals surface area (Å²) in [6.45, 7) is 3.15. The Kier molecular flexibility index (Phi) is 5.85. The molecule has 3 aromatic rings. The molecule has 7 rings (SSSR count). The number of halogens is 3. The summed E-state index contributed by atoms with van der Waals surface area (Å²) in [5.74, 6) is 0.404. The van der Waals surface area contributed by atoms with Gasteiger partial charge in [-0.2, -0.15) is 13.2 Å². The van der Waals surface area contributed by atoms with E-state index < -0.39 is 17.6 Å². The number of fused-ring (bicyclic) bond motifs is 1. The van der Waals surface area contributed by atoms with E-state index in [-0.39, 0.29) is 28.7 Å². The molecule has 0 atom stereocenters. The third-order valence-corrected chi connectivity index (χ3v) is 8.78. The van der Waals surface area contributed by atoms with E-state index in [0.717, 1.165) is 24.2 Å². The van der Waals surface area contributed by atoms with Gasteiger partial charge in [0.2, 0.25) is 0 Å². The first-order chi connectivity index (χ1) is 19.1. The van der Waals surface area contributed by atoms with Crippen molar-refractivity contribution < 1.29 is 27.4 Å². The number of hydrogen-bond acceptors (Lipinski definition) is 6. The molecule has 40 heavy (non-hydrogen) atoms. The third kappa shape index (κ3) is 4.40. The Labute approximate surface area is 229 Å². The Morgan fingerprint density at radius 1 is 1.12 bits per heavy atom. The molecule has 0 bridgehead atoms. The molecule has 2 aromatic carbocycles. The summed E-state index contributed by atoms with van der Waals surface area (Å²) in [7, 11) is 1.88. The Morgan fingerprint density at radius 3 is 2.62 bits per heavy atom. The van der Waals surface area contributed by atoms with Crippen LogP contribution in [0.25, 0.3) is 0 Å². The van der Waals surface area contributed by atoms with Gasteiger partial charge >= 0.3 is 6.18 Å². The Morgan fingerprint density at radius 2 is 1.95 bits per heavy atom. The number of morpholine rings is 1. The quantitative estimate of drug-likeness (QED) is 0.462. The third-order valence-electron chi connectivity index (χ3n) is 8.78. The maximum atomic E-state index is 14.3. The second-order valence-corrected chi connectivity index (χ2v) is 11.7. The summed E-state index contributed by atoms with van der Waals surface area (Å²) < 4.78 is 56.2. The van der Waals surface area contributed by atoms with E-state index in [1.807, 2.05) is 29.8 Å². The van der Waals surface area contributed by atoms with Crippen LogP contribution in [0.3, 0.4) is 0 Å². The van der Waals surface area contributed by atoms with E-state index in [1.165, 1.54) is 11.0 Å². The van der Waals surface area contributed by atoms with Gasteiger partial charge in [0.1, 0.15) is 12.2 Å². The minimum Gasteiger partial charge on any atom is -0.379 e. The number of nitrogens with zero attached hydrogens (tertiary/aromatic N) is 5. The lowest BCUT2D eigenvalue weighted by Gasteiger charge is -2.42. The lowest BCUT2D eigenvalue weighted by atomic mass is 9.75. The molecular weight excluding hydrogens is 523 g/mol. The number of aryl methyl sites for hydroxylation is 1. The maximum absolute atomic E-state index is 14.3. The summed E-state index contributed by atoms with van der Waals surface area (Å²) in [6.07, 6.45) is -0.343. The molecule has 210 valence electrons. The van der Waals surface area contributed by atoms with Crippen molar-refractivity contribution in [2.75, 3.05) is 37.8 Å². The van der Waals surface area contributed by atoms with E-state index in [1.54, 1.807) is 18.5 Å². The number of aromatic nitrogens is 3. The highest BCUT2D eigenvalue weighted by Gasteiger charge is 2.48. The zero-order chi connectivity index (χ0) is 27.7. The van der Waals surface area contributed by atoms with Crippen LogP contribution in [0.4, 0.5) is 18.9 Å². The lowest BCUT2D eigenvalue weighted by molar-refractivity contribution is -0.138. The highest BCUT2D eigenvalue weighted by Crippen LogP contribution is 2.44. The molecule has 3 aliphatic heterocycles. The predicted molar refractivity (Wildman–Crippen MR) is 139 cm³/mol. The van der Waals surface area contributed by atoms with Crippen molar-refractivity contribution in [1.82, 2.24) is 19.7 Å². The second-order valence-electron chi connectivity index (χ2n) is 11.7. The Hall–Kier alpha value is -3.28. The molecule has 1 saturated carbocycles. The molecule has 2 saturated heterocycles. The van der Waals surface area contributed by atoms with Gasteiger partial charge in [-0.25, -0.2) is 0 Å². The molecule has 0 N–H and O–H groups in total. The van der Waals surface area contributed by atoms with Crippen LogP contribution in [0, 0.1) is 0 Å². The minimum atomic E-state index is -4.57. The normalized spacial score (nSPS) is 21.5. The minimum absolute atomic E-state index is 0.0352. The number of hydrogen-bond donors (Lipinski definition) is 0. The topological polar surface area (TPSA) is 72.7 Å². The Bertz CT molecular complexity index is 1480. The van der Waals surface area contributed by atoms with E-state index >= 15 is 0 Å². The van der Waals surface area contributed by atoms with Crippen LogP contribution in [0.2, 0.25) is 0 Å². The van der Waals surface area contributed by atoms with Crippen LogP contribution in [0.1, 0.15) is 51.3 Å². The van der Waals surface area contributed by atoms with Gasteiger partial charge in [0.15, 0.2) is 0 Å². The van der Waals surface area contributed by atoms with Gasteiger partial charge < -0.3 is 18.9 Å². The van der Waals surface area contributed by atoms with Crippen LogP contribution in [-0.2, 0) is 47.6 Å². The highest BCUT2D eigenvalue weighted by molar-refractivity contribution is 6.10. The van der Waals surface area contributed by atoms with Crippen LogP contribution in [0.5, 0.6) is 0 Å². The average Bonchev–Trinajstić information content (AvgIpc) is 3.36. The van der Waals surface area contributed by atoms with Crippen molar-refractivity contribution >= 4 is 11.6 Å². The molecule has 0 radical (unpaired) electrons. The number of carbonyl (C=O) groups is 1. The molecular formula is C29H30F3N5O3. The largest absolute Gasteiger partial charge is 0.416 e. The van der Waals surface area contributed by atoms with Gasteiger partial charge in [-0.15, -0.1) is 10.2 Å². The van der Waals surface area contributed by atoms with Crippen molar-refractivity contribution in [3.05, 3.63) is 76.4 Å². The smallest absolute Gasteiger partial charge is 0.379 e. The predicted octanol–water partition coefficient (Wildman–Crippen LogP) is 3.87. The van der Waals surface area contributed by atoms with Crippen LogP contribution in [0.15, 0.2) is 42.7 Å². The first-order valence-corrected chi connectivity index (χ1v) is 13.6. The number of rotatable bonds is 6. The van der Waals surface area contributed by atoms with E-state index in [9.17, 15) is 18.0 Å². The summed E-state index contributed by atoms with van der Waals surface area (Å²) in [4.78, 5) is 17.2. The Balaban J connectivity index is 1.18. The van der Waals surface area contributed by atoms with Gasteiger partial charge in [-0.05, 0) is 53.8 Å². The van der Waals surface area contributed by atoms with E-state index in [4.69, 9.17) is 9.47 Å². The van der Waals surface area contributed by atoms with Crippen LogP contribution >= 0.6 is 0 Å². The van der Waals surface area contributed by atoms with Gasteiger partial charge in [0.05, 0.1) is 37.5 Å². The molecule has 1 amide bonds. The van der Waals surface area contributed by atoms with Gasteiger partial charge in [-0.3, -0.25) is 9.69 Å². The fourth-order valence-corrected chi connectivity index (χ4v) is 6.27. The molecule has 3 fully saturated rings. The lowest BCUT2D eigenvalue weighted by Crippen LogP contribution is -2.49. The second kappa shape index (κ2) is 9.12. The fraction of sp³-hybridized carbons (Fsp3) is 0.483. The molecule has 4 aliphatic rings. The maximum Gasteiger partial charge on any atom is 0.416 e. The first kappa shape index (κ1) is 25.7. The summed E-state index contributed by atoms with van der Waals surface area (Å²) in [6, 6.07) is 10.4. The van der Waals surface area contributed by atoms with Crippen molar-refractivity contribution in [2.24, 2.45) is 7.05 Å². The number of benzene rings is 2.